The van der Waals surface area contributed by atoms with Gasteiger partial charge in [-0.1, -0.05) is 173 Å². The van der Waals surface area contributed by atoms with Crippen molar-refractivity contribution in [1.29, 1.82) is 0 Å². The summed E-state index contributed by atoms with van der Waals surface area (Å²) in [5.41, 5.74) is 1.65. The molecule has 0 heterocycles. The Hall–Kier alpha value is -2.55. The molecule has 44 heavy (non-hydrogen) atoms. The Morgan fingerprint density at radius 1 is 0.523 bits per heavy atom. The number of hydrogen-bond donors (Lipinski definition) is 0. The molecule has 2 aromatic carbocycles. The van der Waals surface area contributed by atoms with Gasteiger partial charge in [-0.2, -0.15) is 0 Å². The summed E-state index contributed by atoms with van der Waals surface area (Å²) < 4.78 is 11.9. The molecule has 3 nitrogen and oxygen atoms in total. The molecule has 2 aromatic rings. The zero-order valence-corrected chi connectivity index (χ0v) is 28.5. The lowest BCUT2D eigenvalue weighted by Gasteiger charge is -2.07. The molecule has 0 saturated heterocycles. The van der Waals surface area contributed by atoms with E-state index >= 15 is 0 Å². The third-order valence-corrected chi connectivity index (χ3v) is 8.46. The normalized spacial score (nSPS) is 11.3. The Balaban J connectivity index is 1.53. The lowest BCUT2D eigenvalue weighted by molar-refractivity contribution is 0.104. The van der Waals surface area contributed by atoms with Crippen molar-refractivity contribution in [3.8, 4) is 11.5 Å². The monoisotopic (exact) mass is 604 g/mol. The van der Waals surface area contributed by atoms with Crippen molar-refractivity contribution < 1.29 is 14.3 Å². The minimum atomic E-state index is -0.0121. The van der Waals surface area contributed by atoms with Crippen molar-refractivity contribution in [1.82, 2.24) is 0 Å². The molecule has 0 atom stereocenters. The van der Waals surface area contributed by atoms with Crippen LogP contribution in [0.5, 0.6) is 11.5 Å². The van der Waals surface area contributed by atoms with Crippen molar-refractivity contribution >= 4 is 11.9 Å². The van der Waals surface area contributed by atoms with Crippen LogP contribution in [0.25, 0.3) is 6.08 Å². The molecule has 0 amide bonds. The van der Waals surface area contributed by atoms with E-state index in [4.69, 9.17) is 9.47 Å². The molecular formula is C41H64O3. The largest absolute Gasteiger partial charge is 0.494 e. The first-order valence-corrected chi connectivity index (χ1v) is 18.4. The van der Waals surface area contributed by atoms with Crippen LogP contribution in [0.4, 0.5) is 0 Å². The molecule has 0 aromatic heterocycles. The third kappa shape index (κ3) is 19.7. The summed E-state index contributed by atoms with van der Waals surface area (Å²) in [5.74, 6) is 1.65. The molecule has 0 aliphatic heterocycles. The molecule has 0 saturated carbocycles. The SMILES string of the molecule is CCCCCCCCCCCCCCCCOc1cccc(C(=O)/C=C/c2ccc(OCCCCCCCCCC)cc2)c1. The van der Waals surface area contributed by atoms with Crippen molar-refractivity contribution in [3.63, 3.8) is 0 Å². The lowest BCUT2D eigenvalue weighted by atomic mass is 10.0. The fourth-order valence-electron chi connectivity index (χ4n) is 5.60. The van der Waals surface area contributed by atoms with Gasteiger partial charge in [0, 0.05) is 5.56 Å². The van der Waals surface area contributed by atoms with Gasteiger partial charge in [0.05, 0.1) is 13.2 Å². The van der Waals surface area contributed by atoms with E-state index in [1.54, 1.807) is 6.08 Å². The summed E-state index contributed by atoms with van der Waals surface area (Å²) in [6.45, 7) is 6.02. The molecule has 3 heteroatoms. The van der Waals surface area contributed by atoms with Gasteiger partial charge in [-0.3, -0.25) is 4.79 Å². The zero-order valence-electron chi connectivity index (χ0n) is 28.5. The Labute approximate surface area is 271 Å². The number of unbranched alkanes of at least 4 members (excludes halogenated alkanes) is 20. The van der Waals surface area contributed by atoms with Crippen LogP contribution in [-0.2, 0) is 0 Å². The number of benzene rings is 2. The molecule has 246 valence electrons. The number of rotatable bonds is 29. The van der Waals surface area contributed by atoms with Gasteiger partial charge in [-0.05, 0) is 48.7 Å². The summed E-state index contributed by atoms with van der Waals surface area (Å²) in [5, 5.41) is 0. The van der Waals surface area contributed by atoms with Crippen molar-refractivity contribution in [2.24, 2.45) is 0 Å². The lowest BCUT2D eigenvalue weighted by Crippen LogP contribution is -2.00. The standard InChI is InChI=1S/C41H64O3/c1-3-5-7-9-11-13-14-15-16-17-18-20-22-24-35-44-40-27-25-26-38(36-40)41(42)33-30-37-28-31-39(32-29-37)43-34-23-21-19-12-10-8-6-4-2/h25-33,36H,3-24,34-35H2,1-2H3/b33-30+. The van der Waals surface area contributed by atoms with Gasteiger partial charge in [0.25, 0.3) is 0 Å². The van der Waals surface area contributed by atoms with E-state index in [-0.39, 0.29) is 5.78 Å². The Bertz CT molecular complexity index is 978. The van der Waals surface area contributed by atoms with Crippen LogP contribution < -0.4 is 9.47 Å². The molecule has 0 aliphatic rings. The number of hydrogen-bond acceptors (Lipinski definition) is 3. The maximum absolute atomic E-state index is 12.8. The molecule has 0 aliphatic carbocycles. The summed E-state index contributed by atoms with van der Waals surface area (Å²) >= 11 is 0. The molecule has 0 unspecified atom stereocenters. The van der Waals surface area contributed by atoms with Gasteiger partial charge in [0.15, 0.2) is 5.78 Å². The van der Waals surface area contributed by atoms with Gasteiger partial charge in [-0.15, -0.1) is 0 Å². The fraction of sp³-hybridized carbons (Fsp3) is 0.634. The first-order chi connectivity index (χ1) is 21.7. The number of carbonyl (C=O) groups excluding carboxylic acids is 1. The number of allylic oxidation sites excluding steroid dienone is 1. The minimum absolute atomic E-state index is 0.0121. The molecule has 2 rings (SSSR count). The fourth-order valence-corrected chi connectivity index (χ4v) is 5.60. The van der Waals surface area contributed by atoms with E-state index in [2.05, 4.69) is 13.8 Å². The van der Waals surface area contributed by atoms with E-state index < -0.39 is 0 Å². The second-order valence-electron chi connectivity index (χ2n) is 12.6. The van der Waals surface area contributed by atoms with Crippen LogP contribution >= 0.6 is 0 Å². The number of ketones is 1. The number of ether oxygens (including phenoxy) is 2. The average molecular weight is 605 g/mol. The Kier molecular flexibility index (Phi) is 22.9. The molecule has 0 fully saturated rings. The van der Waals surface area contributed by atoms with Crippen LogP contribution in [0.2, 0.25) is 0 Å². The van der Waals surface area contributed by atoms with Crippen molar-refractivity contribution in [2.45, 2.75) is 155 Å². The quantitative estimate of drug-likeness (QED) is 0.0526. The average Bonchev–Trinajstić information content (AvgIpc) is 3.05. The third-order valence-electron chi connectivity index (χ3n) is 8.46. The second kappa shape index (κ2) is 26.8. The van der Waals surface area contributed by atoms with Gasteiger partial charge in [0.1, 0.15) is 11.5 Å². The molecule has 0 bridgehead atoms. The summed E-state index contributed by atoms with van der Waals surface area (Å²) in [4.78, 5) is 12.8. The summed E-state index contributed by atoms with van der Waals surface area (Å²) in [6, 6.07) is 15.5. The highest BCUT2D eigenvalue weighted by molar-refractivity contribution is 6.07. The van der Waals surface area contributed by atoms with E-state index in [0.717, 1.165) is 36.5 Å². The molecule has 0 spiro atoms. The summed E-state index contributed by atoms with van der Waals surface area (Å²) in [6.07, 6.45) is 32.8. The van der Waals surface area contributed by atoms with E-state index in [0.29, 0.717) is 12.2 Å². The minimum Gasteiger partial charge on any atom is -0.494 e. The first-order valence-electron chi connectivity index (χ1n) is 18.4. The predicted octanol–water partition coefficient (Wildman–Crippen LogP) is 13.0. The van der Waals surface area contributed by atoms with E-state index in [9.17, 15) is 4.79 Å². The summed E-state index contributed by atoms with van der Waals surface area (Å²) in [7, 11) is 0. The zero-order chi connectivity index (χ0) is 31.3. The maximum Gasteiger partial charge on any atom is 0.185 e. The topological polar surface area (TPSA) is 35.5 Å². The van der Waals surface area contributed by atoms with Crippen molar-refractivity contribution in [2.75, 3.05) is 13.2 Å². The first kappa shape index (κ1) is 37.6. The van der Waals surface area contributed by atoms with E-state index in [1.807, 2.05) is 54.6 Å². The predicted molar refractivity (Wildman–Crippen MR) is 190 cm³/mol. The highest BCUT2D eigenvalue weighted by Crippen LogP contribution is 2.18. The Morgan fingerprint density at radius 2 is 0.955 bits per heavy atom. The van der Waals surface area contributed by atoms with E-state index in [1.165, 1.54) is 128 Å². The second-order valence-corrected chi connectivity index (χ2v) is 12.6. The smallest absolute Gasteiger partial charge is 0.185 e. The number of carbonyl (C=O) groups is 1. The molecule has 0 N–H and O–H groups in total. The maximum atomic E-state index is 12.8. The molecule has 0 radical (unpaired) electrons. The van der Waals surface area contributed by atoms with Crippen LogP contribution in [0.15, 0.2) is 54.6 Å². The highest BCUT2D eigenvalue weighted by atomic mass is 16.5. The van der Waals surface area contributed by atoms with Crippen LogP contribution in [0, 0.1) is 0 Å². The van der Waals surface area contributed by atoms with Crippen LogP contribution in [0.1, 0.15) is 171 Å². The van der Waals surface area contributed by atoms with Crippen molar-refractivity contribution in [3.05, 3.63) is 65.7 Å². The van der Waals surface area contributed by atoms with Gasteiger partial charge >= 0.3 is 0 Å². The van der Waals surface area contributed by atoms with Crippen LogP contribution in [-0.4, -0.2) is 19.0 Å². The highest BCUT2D eigenvalue weighted by Gasteiger charge is 2.04. The van der Waals surface area contributed by atoms with Crippen LogP contribution in [0.3, 0.4) is 0 Å². The van der Waals surface area contributed by atoms with Gasteiger partial charge in [-0.25, -0.2) is 0 Å². The molecular weight excluding hydrogens is 540 g/mol. The van der Waals surface area contributed by atoms with Gasteiger partial charge in [0.2, 0.25) is 0 Å². The van der Waals surface area contributed by atoms with Gasteiger partial charge < -0.3 is 9.47 Å². The Morgan fingerprint density at radius 3 is 1.43 bits per heavy atom.